The van der Waals surface area contributed by atoms with Crippen LogP contribution in [0.25, 0.3) is 5.69 Å². The molecule has 0 aliphatic carbocycles. The molecule has 0 atom stereocenters. The molecule has 0 radical (unpaired) electrons. The predicted molar refractivity (Wildman–Crippen MR) is 137 cm³/mol. The summed E-state index contributed by atoms with van der Waals surface area (Å²) in [5.41, 5.74) is 3.00. The molecule has 1 amide bonds. The highest BCUT2D eigenvalue weighted by Gasteiger charge is 2.27. The smallest absolute Gasteiger partial charge is 0.264 e. The quantitative estimate of drug-likeness (QED) is 0.375. The average Bonchev–Trinajstić information content (AvgIpc) is 3.27. The molecule has 0 spiro atoms. The molecule has 1 aromatic heterocycles. The summed E-state index contributed by atoms with van der Waals surface area (Å²) in [6.07, 6.45) is 3.56. The van der Waals surface area contributed by atoms with E-state index in [1.165, 1.54) is 18.2 Å². The molecule has 180 valence electrons. The van der Waals surface area contributed by atoms with E-state index in [9.17, 15) is 13.2 Å². The minimum atomic E-state index is -4.01. The van der Waals surface area contributed by atoms with E-state index in [4.69, 9.17) is 11.6 Å². The van der Waals surface area contributed by atoms with Gasteiger partial charge in [0.1, 0.15) is 12.4 Å². The number of anilines is 1. The molecule has 1 heterocycles. The Labute approximate surface area is 210 Å². The summed E-state index contributed by atoms with van der Waals surface area (Å²) in [7, 11) is -4.01. The van der Waals surface area contributed by atoms with Crippen molar-refractivity contribution in [2.24, 2.45) is 0 Å². The van der Waals surface area contributed by atoms with Crippen molar-refractivity contribution in [3.8, 4) is 5.69 Å². The van der Waals surface area contributed by atoms with Gasteiger partial charge in [-0.3, -0.25) is 9.10 Å². The first kappa shape index (κ1) is 24.5. The van der Waals surface area contributed by atoms with Gasteiger partial charge in [0.25, 0.3) is 10.0 Å². The van der Waals surface area contributed by atoms with E-state index in [1.807, 2.05) is 48.9 Å². The second-order valence-corrected chi connectivity index (χ2v) is 10.4. The highest BCUT2D eigenvalue weighted by atomic mass is 35.5. The summed E-state index contributed by atoms with van der Waals surface area (Å²) in [6, 6.07) is 20.6. The number of imidazole rings is 1. The summed E-state index contributed by atoms with van der Waals surface area (Å²) >= 11 is 6.13. The molecule has 1 N–H and O–H groups in total. The molecule has 9 heteroatoms. The minimum Gasteiger partial charge on any atom is -0.350 e. The first-order valence-corrected chi connectivity index (χ1v) is 12.8. The van der Waals surface area contributed by atoms with E-state index in [0.717, 1.165) is 26.9 Å². The lowest BCUT2D eigenvalue weighted by molar-refractivity contribution is -0.119. The van der Waals surface area contributed by atoms with Crippen LogP contribution in [-0.4, -0.2) is 30.4 Å². The summed E-state index contributed by atoms with van der Waals surface area (Å²) < 4.78 is 30.0. The number of hydrogen-bond donors (Lipinski definition) is 1. The number of carbonyl (C=O) groups is 1. The largest absolute Gasteiger partial charge is 0.350 e. The lowest BCUT2D eigenvalue weighted by Crippen LogP contribution is -2.40. The van der Waals surface area contributed by atoms with E-state index >= 15 is 0 Å². The van der Waals surface area contributed by atoms with Gasteiger partial charge in [-0.05, 0) is 55.8 Å². The Bertz CT molecular complexity index is 1450. The first-order valence-electron chi connectivity index (χ1n) is 11.0. The molecule has 35 heavy (non-hydrogen) atoms. The van der Waals surface area contributed by atoms with E-state index in [1.54, 1.807) is 36.5 Å². The zero-order valence-corrected chi connectivity index (χ0v) is 20.9. The van der Waals surface area contributed by atoms with Crippen LogP contribution in [0.4, 0.5) is 5.69 Å². The number of sulfonamides is 1. The van der Waals surface area contributed by atoms with Gasteiger partial charge < -0.3 is 9.88 Å². The van der Waals surface area contributed by atoms with E-state index in [0.29, 0.717) is 10.7 Å². The fourth-order valence-electron chi connectivity index (χ4n) is 3.69. The molecule has 4 rings (SSSR count). The third-order valence-corrected chi connectivity index (χ3v) is 7.57. The predicted octanol–water partition coefficient (Wildman–Crippen LogP) is 4.65. The Morgan fingerprint density at radius 3 is 2.46 bits per heavy atom. The Kier molecular flexibility index (Phi) is 7.23. The van der Waals surface area contributed by atoms with Gasteiger partial charge in [0.05, 0.1) is 16.3 Å². The summed E-state index contributed by atoms with van der Waals surface area (Å²) in [5.74, 6) is 0.373. The molecule has 0 unspecified atom stereocenters. The molecule has 7 nitrogen and oxygen atoms in total. The number of hydrogen-bond acceptors (Lipinski definition) is 4. The van der Waals surface area contributed by atoms with Crippen LogP contribution in [0.2, 0.25) is 5.02 Å². The normalized spacial score (nSPS) is 11.3. The van der Waals surface area contributed by atoms with Gasteiger partial charge >= 0.3 is 0 Å². The highest BCUT2D eigenvalue weighted by Crippen LogP contribution is 2.26. The molecule has 0 saturated heterocycles. The van der Waals surface area contributed by atoms with Crippen LogP contribution >= 0.6 is 11.6 Å². The monoisotopic (exact) mass is 508 g/mol. The topological polar surface area (TPSA) is 84.3 Å². The summed E-state index contributed by atoms with van der Waals surface area (Å²) in [4.78, 5) is 17.4. The Hall–Kier alpha value is -3.62. The molecule has 4 aromatic rings. The minimum absolute atomic E-state index is 0.0943. The molecule has 3 aromatic carbocycles. The van der Waals surface area contributed by atoms with Crippen molar-refractivity contribution in [2.75, 3.05) is 10.8 Å². The lowest BCUT2D eigenvalue weighted by atomic mass is 10.1. The van der Waals surface area contributed by atoms with Crippen molar-refractivity contribution in [3.63, 3.8) is 0 Å². The summed E-state index contributed by atoms with van der Waals surface area (Å²) in [6.45, 7) is 3.60. The van der Waals surface area contributed by atoms with Crippen molar-refractivity contribution in [2.45, 2.75) is 25.3 Å². The van der Waals surface area contributed by atoms with Crippen molar-refractivity contribution in [1.29, 1.82) is 0 Å². The van der Waals surface area contributed by atoms with Crippen LogP contribution in [0.1, 0.15) is 17.0 Å². The fraction of sp³-hybridized carbons (Fsp3) is 0.154. The van der Waals surface area contributed by atoms with Gasteiger partial charge in [0.15, 0.2) is 0 Å². The average molecular weight is 509 g/mol. The lowest BCUT2D eigenvalue weighted by Gasteiger charge is -2.24. The van der Waals surface area contributed by atoms with Crippen LogP contribution < -0.4 is 9.62 Å². The maximum absolute atomic E-state index is 13.5. The molecule has 0 bridgehead atoms. The van der Waals surface area contributed by atoms with Crippen LogP contribution in [-0.2, 0) is 21.4 Å². The first-order chi connectivity index (χ1) is 16.8. The molecular formula is C26H25ClN4O3S. The van der Waals surface area contributed by atoms with Crippen LogP contribution in [0.15, 0.2) is 90.1 Å². The number of carbonyl (C=O) groups excluding carboxylic acids is 1. The number of benzene rings is 3. The zero-order chi connectivity index (χ0) is 25.0. The van der Waals surface area contributed by atoms with E-state index in [2.05, 4.69) is 10.3 Å². The number of nitrogens with one attached hydrogen (secondary N) is 1. The third kappa shape index (κ3) is 5.55. The number of aryl methyl sites for hydroxylation is 2. The summed E-state index contributed by atoms with van der Waals surface area (Å²) in [5, 5.41) is 3.23. The van der Waals surface area contributed by atoms with Gasteiger partial charge in [-0.15, -0.1) is 0 Å². The van der Waals surface area contributed by atoms with E-state index in [-0.39, 0.29) is 11.4 Å². The van der Waals surface area contributed by atoms with Gasteiger partial charge in [-0.1, -0.05) is 53.6 Å². The Morgan fingerprint density at radius 2 is 1.77 bits per heavy atom. The van der Waals surface area contributed by atoms with Crippen molar-refractivity contribution >= 4 is 33.2 Å². The van der Waals surface area contributed by atoms with Crippen molar-refractivity contribution in [1.82, 2.24) is 14.9 Å². The number of para-hydroxylation sites is 1. The maximum Gasteiger partial charge on any atom is 0.264 e. The molecule has 0 fully saturated rings. The van der Waals surface area contributed by atoms with Crippen LogP contribution in [0.5, 0.6) is 0 Å². The standard InChI is InChI=1S/C26H25ClN4O3S/c1-19-10-12-24(13-11-19)35(33,34)31(23-8-5-7-22(27)16-23)18-26(32)29-17-21-6-3-4-9-25(21)30-15-14-28-20(30)2/h3-16H,17-18H2,1-2H3,(H,29,32). The van der Waals surface area contributed by atoms with Crippen LogP contribution in [0.3, 0.4) is 0 Å². The third-order valence-electron chi connectivity index (χ3n) is 5.55. The number of rotatable bonds is 8. The van der Waals surface area contributed by atoms with Gasteiger partial charge in [0.2, 0.25) is 5.91 Å². The van der Waals surface area contributed by atoms with Gasteiger partial charge in [0, 0.05) is 24.0 Å². The van der Waals surface area contributed by atoms with Gasteiger partial charge in [-0.2, -0.15) is 0 Å². The molecular weight excluding hydrogens is 484 g/mol. The van der Waals surface area contributed by atoms with Gasteiger partial charge in [-0.25, -0.2) is 13.4 Å². The SMILES string of the molecule is Cc1ccc(S(=O)(=O)N(CC(=O)NCc2ccccc2-n2ccnc2C)c2cccc(Cl)c2)cc1. The van der Waals surface area contributed by atoms with Crippen molar-refractivity contribution in [3.05, 3.63) is 107 Å². The molecule has 0 aliphatic rings. The van der Waals surface area contributed by atoms with E-state index < -0.39 is 22.5 Å². The second-order valence-electron chi connectivity index (χ2n) is 8.05. The Balaban J connectivity index is 1.58. The number of nitrogens with zero attached hydrogens (tertiary/aromatic N) is 3. The second kappa shape index (κ2) is 10.3. The number of aromatic nitrogens is 2. The molecule has 0 aliphatic heterocycles. The number of amides is 1. The zero-order valence-electron chi connectivity index (χ0n) is 19.3. The maximum atomic E-state index is 13.5. The highest BCUT2D eigenvalue weighted by molar-refractivity contribution is 7.92. The molecule has 0 saturated carbocycles. The number of halogens is 1. The fourth-order valence-corrected chi connectivity index (χ4v) is 5.29. The van der Waals surface area contributed by atoms with Crippen LogP contribution in [0, 0.1) is 13.8 Å². The van der Waals surface area contributed by atoms with Crippen molar-refractivity contribution < 1.29 is 13.2 Å². The Morgan fingerprint density at radius 1 is 1.03 bits per heavy atom.